The van der Waals surface area contributed by atoms with Crippen LogP contribution in [0.2, 0.25) is 0 Å². The number of carbonyl (C=O) groups excluding carboxylic acids is 2. The molecule has 3 saturated carbocycles. The highest BCUT2D eigenvalue weighted by atomic mass is 16.7. The van der Waals surface area contributed by atoms with Crippen molar-refractivity contribution in [2.75, 3.05) is 26.7 Å². The minimum absolute atomic E-state index is 0.210. The van der Waals surface area contributed by atoms with Crippen molar-refractivity contribution in [3.8, 4) is 0 Å². The molecule has 4 aliphatic carbocycles. The van der Waals surface area contributed by atoms with Crippen LogP contribution in [0.1, 0.15) is 86.0 Å². The van der Waals surface area contributed by atoms with Gasteiger partial charge < -0.3 is 10.2 Å². The Kier molecular flexibility index (Phi) is 7.80. The Morgan fingerprint density at radius 2 is 1.94 bits per heavy atom. The molecule has 4 aliphatic rings. The fourth-order valence-corrected chi connectivity index (χ4v) is 8.42. The van der Waals surface area contributed by atoms with E-state index in [9.17, 15) is 9.59 Å². The molecule has 0 unspecified atom stereocenters. The monoisotopic (exact) mass is 485 g/mol. The van der Waals surface area contributed by atoms with Gasteiger partial charge in [0.2, 0.25) is 0 Å². The summed E-state index contributed by atoms with van der Waals surface area (Å²) >= 11 is 0. The molecule has 6 atom stereocenters. The first-order valence-corrected chi connectivity index (χ1v) is 14.0. The van der Waals surface area contributed by atoms with Crippen molar-refractivity contribution in [3.63, 3.8) is 0 Å². The van der Waals surface area contributed by atoms with Crippen LogP contribution >= 0.6 is 0 Å². The summed E-state index contributed by atoms with van der Waals surface area (Å²) in [4.78, 5) is 32.1. The topological polar surface area (TPSA) is 71.0 Å². The second-order valence-corrected chi connectivity index (χ2v) is 12.7. The first-order chi connectivity index (χ1) is 16.6. The van der Waals surface area contributed by atoms with Gasteiger partial charge in [-0.05, 0) is 99.5 Å². The molecule has 0 heterocycles. The van der Waals surface area contributed by atoms with Crippen molar-refractivity contribution >= 4 is 17.6 Å². The number of oxime groups is 1. The first kappa shape index (κ1) is 26.4. The van der Waals surface area contributed by atoms with Gasteiger partial charge in [0, 0.05) is 32.0 Å². The summed E-state index contributed by atoms with van der Waals surface area (Å²) in [5, 5.41) is 7.54. The number of hydrogen-bond acceptors (Lipinski definition) is 5. The predicted molar refractivity (Wildman–Crippen MR) is 140 cm³/mol. The van der Waals surface area contributed by atoms with E-state index in [4.69, 9.17) is 4.84 Å². The lowest BCUT2D eigenvalue weighted by Crippen LogP contribution is -2.51. The lowest BCUT2D eigenvalue weighted by atomic mass is 9.46. The summed E-state index contributed by atoms with van der Waals surface area (Å²) in [5.74, 6) is 3.19. The van der Waals surface area contributed by atoms with Crippen molar-refractivity contribution in [1.82, 2.24) is 10.2 Å². The van der Waals surface area contributed by atoms with Gasteiger partial charge in [0.1, 0.15) is 0 Å². The van der Waals surface area contributed by atoms with Gasteiger partial charge in [-0.15, -0.1) is 0 Å². The van der Waals surface area contributed by atoms with Crippen LogP contribution in [0.4, 0.5) is 4.79 Å². The summed E-state index contributed by atoms with van der Waals surface area (Å²) in [6, 6.07) is 0. The normalized spacial score (nSPS) is 36.8. The van der Waals surface area contributed by atoms with Crippen LogP contribution in [0, 0.1) is 40.4 Å². The van der Waals surface area contributed by atoms with Gasteiger partial charge in [-0.1, -0.05) is 38.4 Å². The number of amides is 1. The Bertz CT molecular complexity index is 880. The minimum Gasteiger partial charge on any atom is -0.318 e. The fraction of sp³-hybridized carbons (Fsp3) is 0.828. The molecule has 0 aromatic rings. The van der Waals surface area contributed by atoms with E-state index in [1.807, 2.05) is 13.1 Å². The number of ketones is 1. The molecule has 196 valence electrons. The summed E-state index contributed by atoms with van der Waals surface area (Å²) in [7, 11) is 1.89. The van der Waals surface area contributed by atoms with E-state index in [0.29, 0.717) is 49.0 Å². The van der Waals surface area contributed by atoms with Crippen LogP contribution in [0.3, 0.4) is 0 Å². The Morgan fingerprint density at radius 1 is 1.17 bits per heavy atom. The minimum atomic E-state index is -0.344. The highest BCUT2D eigenvalue weighted by Crippen LogP contribution is 2.66. The van der Waals surface area contributed by atoms with E-state index in [1.54, 1.807) is 4.90 Å². The summed E-state index contributed by atoms with van der Waals surface area (Å²) in [6.07, 6.45) is 10.5. The third kappa shape index (κ3) is 4.97. The zero-order chi connectivity index (χ0) is 25.4. The molecule has 0 aliphatic heterocycles. The van der Waals surface area contributed by atoms with Gasteiger partial charge in [0.25, 0.3) is 0 Å². The Morgan fingerprint density at radius 3 is 2.66 bits per heavy atom. The molecule has 3 fully saturated rings. The molecule has 0 saturated heterocycles. The molecular weight excluding hydrogens is 438 g/mol. The Hall–Kier alpha value is -1.69. The standard InChI is InChI=1S/C29H47N3O3/c1-19(2)18-32(16-15-30-6)27(34)35-31-20(3)24-9-10-25-23-8-7-21-17-22(33)11-13-28(21,4)26(23)12-14-29(24,25)5/h17,19,23-26,30H,7-16,18H2,1-6H3/b31-20+/t23-,24+,25-,26-,28-,29+/m0/s1. The van der Waals surface area contributed by atoms with Gasteiger partial charge in [-0.25, -0.2) is 4.79 Å². The second kappa shape index (κ2) is 10.4. The number of carbonyl (C=O) groups is 2. The Balaban J connectivity index is 1.45. The largest absolute Gasteiger partial charge is 0.436 e. The molecule has 0 bridgehead atoms. The number of likely N-dealkylation sites (N-methyl/N-ethyl adjacent to an activating group) is 1. The van der Waals surface area contributed by atoms with Crippen LogP contribution in [0.5, 0.6) is 0 Å². The maximum atomic E-state index is 12.8. The smallest absolute Gasteiger partial charge is 0.318 e. The molecule has 1 N–H and O–H groups in total. The number of rotatable bonds is 7. The summed E-state index contributed by atoms with van der Waals surface area (Å²) in [6.45, 7) is 13.2. The van der Waals surface area contributed by atoms with Gasteiger partial charge in [0.05, 0.1) is 5.71 Å². The van der Waals surface area contributed by atoms with Gasteiger partial charge in [0.15, 0.2) is 5.78 Å². The molecule has 0 aromatic carbocycles. The molecule has 0 aromatic heterocycles. The lowest BCUT2D eigenvalue weighted by molar-refractivity contribution is -0.117. The molecule has 6 nitrogen and oxygen atoms in total. The number of nitrogens with one attached hydrogen (secondary N) is 1. The SMILES string of the molecule is CNCCN(CC(C)C)C(=O)O/N=C(\C)[C@H]1CC[C@H]2[C@@H]3CCC4=CC(=O)CC[C@]4(C)[C@H]3CC[C@]12C. The summed E-state index contributed by atoms with van der Waals surface area (Å²) < 4.78 is 0. The van der Waals surface area contributed by atoms with E-state index in [1.165, 1.54) is 31.3 Å². The van der Waals surface area contributed by atoms with Crippen molar-refractivity contribution < 1.29 is 14.4 Å². The number of allylic oxidation sites excluding steroid dienone is 1. The van der Waals surface area contributed by atoms with Crippen LogP contribution in [0.25, 0.3) is 0 Å². The quantitative estimate of drug-likeness (QED) is 0.280. The van der Waals surface area contributed by atoms with Crippen molar-refractivity contribution in [2.45, 2.75) is 86.0 Å². The molecule has 4 rings (SSSR count). The van der Waals surface area contributed by atoms with E-state index >= 15 is 0 Å². The second-order valence-electron chi connectivity index (χ2n) is 12.7. The highest BCUT2D eigenvalue weighted by molar-refractivity contribution is 5.91. The number of nitrogens with zero attached hydrogens (tertiary/aromatic N) is 2. The van der Waals surface area contributed by atoms with Crippen molar-refractivity contribution in [1.29, 1.82) is 0 Å². The number of hydrogen-bond donors (Lipinski definition) is 1. The Labute approximate surface area is 212 Å². The third-order valence-corrected chi connectivity index (χ3v) is 10.2. The number of fused-ring (bicyclic) bond motifs is 5. The van der Waals surface area contributed by atoms with E-state index in [0.717, 1.165) is 37.4 Å². The third-order valence-electron chi connectivity index (χ3n) is 10.2. The van der Waals surface area contributed by atoms with Gasteiger partial charge in [-0.2, -0.15) is 0 Å². The van der Waals surface area contributed by atoms with Gasteiger partial charge in [-0.3, -0.25) is 9.63 Å². The molecule has 0 spiro atoms. The maximum absolute atomic E-state index is 12.8. The first-order valence-electron chi connectivity index (χ1n) is 14.0. The van der Waals surface area contributed by atoms with Crippen LogP contribution < -0.4 is 5.32 Å². The molecule has 6 heteroatoms. The molecule has 1 amide bonds. The van der Waals surface area contributed by atoms with Crippen LogP contribution in [0.15, 0.2) is 16.8 Å². The average Bonchev–Trinajstić information content (AvgIpc) is 3.17. The molecule has 0 radical (unpaired) electrons. The van der Waals surface area contributed by atoms with Crippen LogP contribution in [-0.4, -0.2) is 49.2 Å². The zero-order valence-corrected chi connectivity index (χ0v) is 22.9. The fourth-order valence-electron chi connectivity index (χ4n) is 8.42. The summed E-state index contributed by atoms with van der Waals surface area (Å²) in [5.41, 5.74) is 2.84. The molecular formula is C29H47N3O3. The van der Waals surface area contributed by atoms with E-state index in [2.05, 4.69) is 45.1 Å². The average molecular weight is 486 g/mol. The zero-order valence-electron chi connectivity index (χ0n) is 22.9. The van der Waals surface area contributed by atoms with E-state index in [-0.39, 0.29) is 16.9 Å². The van der Waals surface area contributed by atoms with Crippen molar-refractivity contribution in [2.24, 2.45) is 45.6 Å². The highest BCUT2D eigenvalue weighted by Gasteiger charge is 2.59. The van der Waals surface area contributed by atoms with Gasteiger partial charge >= 0.3 is 6.09 Å². The maximum Gasteiger partial charge on any atom is 0.436 e. The van der Waals surface area contributed by atoms with Crippen molar-refractivity contribution in [3.05, 3.63) is 11.6 Å². The predicted octanol–water partition coefficient (Wildman–Crippen LogP) is 5.82. The van der Waals surface area contributed by atoms with E-state index < -0.39 is 0 Å². The van der Waals surface area contributed by atoms with Crippen LogP contribution in [-0.2, 0) is 9.63 Å². The lowest BCUT2D eigenvalue weighted by Gasteiger charge is -2.58. The molecule has 35 heavy (non-hydrogen) atoms.